The summed E-state index contributed by atoms with van der Waals surface area (Å²) in [5.41, 5.74) is 2.98. The van der Waals surface area contributed by atoms with Crippen molar-refractivity contribution < 1.29 is 0 Å². The number of para-hydroxylation sites is 2. The molecule has 3 aromatic rings. The molecule has 6 aliphatic rings. The molecule has 1 nitrogen and oxygen atoms in total. The molecule has 6 saturated carbocycles. The fourth-order valence-corrected chi connectivity index (χ4v) is 12.8. The SMILES string of the molecule is c1ccc2c(c1)c1ccccc1n2C1CCC2C(C1)C1CCCC3C4CCCCC4C4CCCC2C4C31. The number of hydrogen-bond acceptors (Lipinski definition) is 0. The van der Waals surface area contributed by atoms with Gasteiger partial charge < -0.3 is 4.57 Å². The minimum atomic E-state index is 0.688. The number of hydrogen-bond donors (Lipinski definition) is 0. The molecule has 2 aromatic carbocycles. The average molecular weight is 492 g/mol. The van der Waals surface area contributed by atoms with Crippen LogP contribution in [0.5, 0.6) is 0 Å². The second-order valence-corrected chi connectivity index (χ2v) is 14.5. The predicted molar refractivity (Wildman–Crippen MR) is 153 cm³/mol. The molecule has 0 spiro atoms. The summed E-state index contributed by atoms with van der Waals surface area (Å²) in [5, 5.41) is 2.93. The minimum Gasteiger partial charge on any atom is -0.337 e. The standard InChI is InChI=1S/C36H45N/c1-2-10-24-23(9-1)28-13-7-15-30-25-20-19-22(21-32(25)31-16-8-14-29(24)36(31)35(28)30)37-33-17-5-3-11-26(33)27-12-4-6-18-34(27)37/h3-6,11-12,17-18,22-25,28-32,35-36H,1-2,7-10,13-16,19-21H2. The second kappa shape index (κ2) is 8.37. The second-order valence-electron chi connectivity index (χ2n) is 14.5. The van der Waals surface area contributed by atoms with Crippen LogP contribution in [0.15, 0.2) is 48.5 Å². The highest BCUT2D eigenvalue weighted by Crippen LogP contribution is 2.69. The molecule has 194 valence electrons. The van der Waals surface area contributed by atoms with Crippen LogP contribution in [0.2, 0.25) is 0 Å². The zero-order chi connectivity index (χ0) is 24.1. The molecule has 0 bridgehead atoms. The van der Waals surface area contributed by atoms with E-state index in [2.05, 4.69) is 53.1 Å². The maximum Gasteiger partial charge on any atom is 0.0493 e. The van der Waals surface area contributed by atoms with Crippen LogP contribution < -0.4 is 0 Å². The number of aromatic nitrogens is 1. The summed E-state index contributed by atoms with van der Waals surface area (Å²) in [6.07, 6.45) is 20.1. The maximum atomic E-state index is 2.81. The van der Waals surface area contributed by atoms with Gasteiger partial charge in [0.1, 0.15) is 0 Å². The van der Waals surface area contributed by atoms with E-state index in [4.69, 9.17) is 0 Å². The van der Waals surface area contributed by atoms with Crippen LogP contribution in [0.25, 0.3) is 21.8 Å². The molecule has 0 amide bonds. The minimum absolute atomic E-state index is 0.688. The van der Waals surface area contributed by atoms with Crippen LogP contribution in [0.1, 0.15) is 89.5 Å². The van der Waals surface area contributed by atoms with Gasteiger partial charge >= 0.3 is 0 Å². The first-order valence-corrected chi connectivity index (χ1v) is 16.4. The lowest BCUT2D eigenvalue weighted by Crippen LogP contribution is -2.61. The van der Waals surface area contributed by atoms with Crippen molar-refractivity contribution in [1.29, 1.82) is 0 Å². The van der Waals surface area contributed by atoms with Crippen molar-refractivity contribution in [2.45, 2.75) is 89.5 Å². The normalized spacial score (nSPS) is 44.7. The van der Waals surface area contributed by atoms with E-state index in [0.717, 1.165) is 59.2 Å². The average Bonchev–Trinajstić information content (AvgIpc) is 3.31. The molecule has 37 heavy (non-hydrogen) atoms. The monoisotopic (exact) mass is 491 g/mol. The lowest BCUT2D eigenvalue weighted by atomic mass is 9.38. The summed E-state index contributed by atoms with van der Waals surface area (Å²) < 4.78 is 2.81. The van der Waals surface area contributed by atoms with E-state index in [9.17, 15) is 0 Å². The van der Waals surface area contributed by atoms with Crippen LogP contribution in [0.4, 0.5) is 0 Å². The first-order chi connectivity index (χ1) is 18.4. The molecule has 6 fully saturated rings. The Morgan fingerprint density at radius 1 is 0.432 bits per heavy atom. The van der Waals surface area contributed by atoms with Gasteiger partial charge in [0, 0.05) is 27.8 Å². The smallest absolute Gasteiger partial charge is 0.0493 e. The summed E-state index contributed by atoms with van der Waals surface area (Å²) in [4.78, 5) is 0. The third-order valence-electron chi connectivity index (χ3n) is 13.6. The first kappa shape index (κ1) is 22.1. The highest BCUT2D eigenvalue weighted by Gasteiger charge is 2.62. The van der Waals surface area contributed by atoms with Crippen molar-refractivity contribution in [2.24, 2.45) is 59.2 Å². The van der Waals surface area contributed by atoms with Gasteiger partial charge in [0.2, 0.25) is 0 Å². The van der Waals surface area contributed by atoms with Crippen molar-refractivity contribution in [1.82, 2.24) is 4.57 Å². The van der Waals surface area contributed by atoms with E-state index >= 15 is 0 Å². The van der Waals surface area contributed by atoms with Crippen molar-refractivity contribution in [3.63, 3.8) is 0 Å². The van der Waals surface area contributed by atoms with Crippen molar-refractivity contribution in [2.75, 3.05) is 0 Å². The molecule has 0 saturated heterocycles. The topological polar surface area (TPSA) is 4.93 Å². The lowest BCUT2D eigenvalue weighted by Gasteiger charge is -2.67. The van der Waals surface area contributed by atoms with Gasteiger partial charge in [-0.1, -0.05) is 62.1 Å². The van der Waals surface area contributed by atoms with E-state index in [0.29, 0.717) is 6.04 Å². The Hall–Kier alpha value is -1.76. The van der Waals surface area contributed by atoms with Gasteiger partial charge in [-0.05, 0) is 129 Å². The van der Waals surface area contributed by atoms with Gasteiger partial charge in [-0.25, -0.2) is 0 Å². The third kappa shape index (κ3) is 3.04. The Morgan fingerprint density at radius 2 is 0.892 bits per heavy atom. The van der Waals surface area contributed by atoms with Crippen LogP contribution in [0.3, 0.4) is 0 Å². The molecule has 11 unspecified atom stereocenters. The van der Waals surface area contributed by atoms with E-state index in [1.165, 1.54) is 47.5 Å². The summed E-state index contributed by atoms with van der Waals surface area (Å²) in [6, 6.07) is 19.2. The molecule has 1 heterocycles. The quantitative estimate of drug-likeness (QED) is 0.319. The summed E-state index contributed by atoms with van der Waals surface area (Å²) in [5.74, 6) is 10.8. The maximum absolute atomic E-state index is 2.81. The van der Waals surface area contributed by atoms with Gasteiger partial charge in [-0.3, -0.25) is 0 Å². The van der Waals surface area contributed by atoms with Crippen molar-refractivity contribution in [3.05, 3.63) is 48.5 Å². The zero-order valence-electron chi connectivity index (χ0n) is 22.6. The van der Waals surface area contributed by atoms with Crippen molar-refractivity contribution >= 4 is 21.8 Å². The van der Waals surface area contributed by atoms with Gasteiger partial charge in [0.25, 0.3) is 0 Å². The Kier molecular flexibility index (Phi) is 5.00. The van der Waals surface area contributed by atoms with Gasteiger partial charge in [0.05, 0.1) is 0 Å². The Balaban J connectivity index is 1.13. The number of nitrogens with zero attached hydrogens (tertiary/aromatic N) is 1. The molecular formula is C36H45N. The van der Waals surface area contributed by atoms with Gasteiger partial charge in [-0.2, -0.15) is 0 Å². The largest absolute Gasteiger partial charge is 0.337 e. The Morgan fingerprint density at radius 3 is 1.46 bits per heavy atom. The molecule has 11 atom stereocenters. The Labute approximate surface area is 223 Å². The van der Waals surface area contributed by atoms with E-state index in [1.54, 1.807) is 57.8 Å². The fourth-order valence-electron chi connectivity index (χ4n) is 12.8. The third-order valence-corrected chi connectivity index (χ3v) is 13.6. The van der Waals surface area contributed by atoms with E-state index in [-0.39, 0.29) is 0 Å². The van der Waals surface area contributed by atoms with E-state index < -0.39 is 0 Å². The van der Waals surface area contributed by atoms with Crippen molar-refractivity contribution in [3.8, 4) is 0 Å². The van der Waals surface area contributed by atoms with Gasteiger partial charge in [0.15, 0.2) is 0 Å². The first-order valence-electron chi connectivity index (χ1n) is 16.4. The number of fused-ring (bicyclic) bond motifs is 9. The molecule has 1 heteroatoms. The highest BCUT2D eigenvalue weighted by atomic mass is 15.0. The Bertz CT molecular complexity index is 1260. The van der Waals surface area contributed by atoms with Gasteiger partial charge in [-0.15, -0.1) is 0 Å². The summed E-state index contributed by atoms with van der Waals surface area (Å²) in [6.45, 7) is 0. The summed E-state index contributed by atoms with van der Waals surface area (Å²) >= 11 is 0. The molecule has 6 aliphatic carbocycles. The summed E-state index contributed by atoms with van der Waals surface area (Å²) in [7, 11) is 0. The number of rotatable bonds is 1. The highest BCUT2D eigenvalue weighted by molar-refractivity contribution is 6.08. The molecule has 0 radical (unpaired) electrons. The molecule has 0 N–H and O–H groups in total. The molecule has 9 rings (SSSR count). The molecular weight excluding hydrogens is 446 g/mol. The van der Waals surface area contributed by atoms with E-state index in [1.807, 2.05) is 0 Å². The molecule has 0 aliphatic heterocycles. The zero-order valence-corrected chi connectivity index (χ0v) is 22.6. The lowest BCUT2D eigenvalue weighted by molar-refractivity contribution is -0.189. The van der Waals surface area contributed by atoms with Crippen LogP contribution in [-0.2, 0) is 0 Å². The van der Waals surface area contributed by atoms with Crippen LogP contribution >= 0.6 is 0 Å². The molecule has 1 aromatic heterocycles. The van der Waals surface area contributed by atoms with Crippen LogP contribution in [0, 0.1) is 59.2 Å². The number of benzene rings is 2. The predicted octanol–water partition coefficient (Wildman–Crippen LogP) is 9.65. The fraction of sp³-hybridized carbons (Fsp3) is 0.667. The van der Waals surface area contributed by atoms with Crippen LogP contribution in [-0.4, -0.2) is 4.57 Å².